The van der Waals surface area contributed by atoms with Crippen molar-refractivity contribution in [3.8, 4) is 16.9 Å². The standard InChI is InChI=1S/C40H39F3N2O5/c41-40(42,43)33-12-6-9-28(19-33)25-50-34-18-17-31-23-36(45(24-32(31)22-34)37(46)21-26-7-4-5-8-26)38(47)44-35(39(48)49)20-27-13-15-30(16-14-27)29-10-2-1-3-11-29/h1-3,6,9-19,22,26,35-36H,4-5,7-8,20-21,23-25H2,(H,44,47)(H,48,49)/t35-,36-/m0/s1. The number of hydrogen-bond donors (Lipinski definition) is 2. The second-order valence-corrected chi connectivity index (χ2v) is 13.2. The summed E-state index contributed by atoms with van der Waals surface area (Å²) >= 11 is 0. The van der Waals surface area contributed by atoms with E-state index in [0.717, 1.165) is 65.6 Å². The Balaban J connectivity index is 1.17. The maximum absolute atomic E-state index is 13.9. The van der Waals surface area contributed by atoms with E-state index in [1.54, 1.807) is 29.2 Å². The Morgan fingerprint density at radius 1 is 0.840 bits per heavy atom. The van der Waals surface area contributed by atoms with Crippen LogP contribution < -0.4 is 10.1 Å². The highest BCUT2D eigenvalue weighted by Crippen LogP contribution is 2.33. The first kappa shape index (κ1) is 34.7. The molecular formula is C40H39F3N2O5. The van der Waals surface area contributed by atoms with Gasteiger partial charge >= 0.3 is 12.1 Å². The molecule has 0 spiro atoms. The number of carbonyl (C=O) groups is 3. The van der Waals surface area contributed by atoms with Crippen LogP contribution in [0.15, 0.2) is 97.1 Å². The Morgan fingerprint density at radius 3 is 2.26 bits per heavy atom. The molecule has 7 nitrogen and oxygen atoms in total. The van der Waals surface area contributed by atoms with Gasteiger partial charge in [0.2, 0.25) is 11.8 Å². The fourth-order valence-corrected chi connectivity index (χ4v) is 6.90. The molecule has 0 saturated heterocycles. The van der Waals surface area contributed by atoms with Crippen molar-refractivity contribution in [2.24, 2.45) is 5.92 Å². The number of nitrogens with zero attached hydrogens (tertiary/aromatic N) is 1. The van der Waals surface area contributed by atoms with Crippen LogP contribution in [-0.4, -0.2) is 39.9 Å². The molecule has 10 heteroatoms. The molecule has 1 fully saturated rings. The zero-order valence-corrected chi connectivity index (χ0v) is 27.5. The Hall–Kier alpha value is -5.12. The average Bonchev–Trinajstić information content (AvgIpc) is 3.63. The van der Waals surface area contributed by atoms with Gasteiger partial charge in [0, 0.05) is 25.8 Å². The van der Waals surface area contributed by atoms with E-state index < -0.39 is 35.7 Å². The van der Waals surface area contributed by atoms with Gasteiger partial charge in [-0.05, 0) is 76.4 Å². The smallest absolute Gasteiger partial charge is 0.416 e. The molecule has 4 aromatic carbocycles. The summed E-state index contributed by atoms with van der Waals surface area (Å²) in [6.07, 6.45) is 0.119. The number of benzene rings is 4. The van der Waals surface area contributed by atoms with Crippen molar-refractivity contribution in [2.75, 3.05) is 0 Å². The summed E-state index contributed by atoms with van der Waals surface area (Å²) in [5.74, 6) is -1.21. The summed E-state index contributed by atoms with van der Waals surface area (Å²) in [5, 5.41) is 12.8. The van der Waals surface area contributed by atoms with Gasteiger partial charge in [0.1, 0.15) is 24.4 Å². The van der Waals surface area contributed by atoms with Gasteiger partial charge in [-0.1, -0.05) is 85.6 Å². The monoisotopic (exact) mass is 684 g/mol. The molecule has 1 heterocycles. The van der Waals surface area contributed by atoms with E-state index >= 15 is 0 Å². The topological polar surface area (TPSA) is 95.9 Å². The first-order chi connectivity index (χ1) is 24.0. The summed E-state index contributed by atoms with van der Waals surface area (Å²) in [7, 11) is 0. The van der Waals surface area contributed by atoms with Gasteiger partial charge in [0.15, 0.2) is 0 Å². The highest BCUT2D eigenvalue weighted by Gasteiger charge is 2.37. The number of ether oxygens (including phenoxy) is 1. The Labute approximate surface area is 289 Å². The van der Waals surface area contributed by atoms with E-state index in [1.165, 1.54) is 6.07 Å². The van der Waals surface area contributed by atoms with Gasteiger partial charge in [-0.2, -0.15) is 13.2 Å². The van der Waals surface area contributed by atoms with Crippen molar-refractivity contribution in [1.82, 2.24) is 10.2 Å². The van der Waals surface area contributed by atoms with Crippen LogP contribution in [0.3, 0.4) is 0 Å². The number of nitrogens with one attached hydrogen (secondary N) is 1. The number of carboxylic acid groups (broad SMARTS) is 1. The van der Waals surface area contributed by atoms with Gasteiger partial charge in [-0.3, -0.25) is 9.59 Å². The normalized spacial score (nSPS) is 16.8. The number of alkyl halides is 3. The summed E-state index contributed by atoms with van der Waals surface area (Å²) in [5.41, 5.74) is 3.97. The minimum absolute atomic E-state index is 0.0715. The molecule has 1 aliphatic carbocycles. The van der Waals surface area contributed by atoms with E-state index in [1.807, 2.05) is 54.6 Å². The SMILES string of the molecule is O=C(O)[C@H](Cc1ccc(-c2ccccc2)cc1)NC(=O)[C@@H]1Cc2ccc(OCc3cccc(C(F)(F)F)c3)cc2CN1C(=O)CC1CCCC1. The lowest BCUT2D eigenvalue weighted by molar-refractivity contribution is -0.145. The predicted molar refractivity (Wildman–Crippen MR) is 182 cm³/mol. The predicted octanol–water partition coefficient (Wildman–Crippen LogP) is 7.60. The number of carbonyl (C=O) groups excluding carboxylic acids is 2. The van der Waals surface area contributed by atoms with Crippen molar-refractivity contribution >= 4 is 17.8 Å². The fraction of sp³-hybridized carbons (Fsp3) is 0.325. The van der Waals surface area contributed by atoms with Gasteiger partial charge in [0.05, 0.1) is 5.56 Å². The summed E-state index contributed by atoms with van der Waals surface area (Å²) in [4.78, 5) is 41.5. The number of rotatable bonds is 11. The Kier molecular flexibility index (Phi) is 10.6. The molecule has 50 heavy (non-hydrogen) atoms. The lowest BCUT2D eigenvalue weighted by Crippen LogP contribution is -2.56. The van der Waals surface area contributed by atoms with Gasteiger partial charge in [-0.25, -0.2) is 4.79 Å². The first-order valence-electron chi connectivity index (χ1n) is 16.9. The van der Waals surface area contributed by atoms with Gasteiger partial charge < -0.3 is 20.1 Å². The second-order valence-electron chi connectivity index (χ2n) is 13.2. The van der Waals surface area contributed by atoms with E-state index in [4.69, 9.17) is 4.74 Å². The highest BCUT2D eigenvalue weighted by atomic mass is 19.4. The zero-order chi connectivity index (χ0) is 35.3. The van der Waals surface area contributed by atoms with Crippen molar-refractivity contribution in [3.05, 3.63) is 125 Å². The lowest BCUT2D eigenvalue weighted by atomic mass is 9.91. The van der Waals surface area contributed by atoms with Crippen LogP contribution in [0.4, 0.5) is 13.2 Å². The average molecular weight is 685 g/mol. The van der Waals surface area contributed by atoms with Crippen LogP contribution in [0.2, 0.25) is 0 Å². The number of carboxylic acids is 1. The van der Waals surface area contributed by atoms with E-state index in [2.05, 4.69) is 5.32 Å². The molecule has 0 unspecified atom stereocenters. The third kappa shape index (κ3) is 8.53. The molecule has 4 aromatic rings. The molecule has 1 aliphatic heterocycles. The molecule has 2 amide bonds. The quantitative estimate of drug-likeness (QED) is 0.170. The van der Waals surface area contributed by atoms with Gasteiger partial charge in [-0.15, -0.1) is 0 Å². The molecule has 1 saturated carbocycles. The van der Waals surface area contributed by atoms with Crippen molar-refractivity contribution in [2.45, 2.75) is 76.4 Å². The molecule has 2 N–H and O–H groups in total. The molecule has 2 aliphatic rings. The van der Waals surface area contributed by atoms with E-state index in [0.29, 0.717) is 17.7 Å². The summed E-state index contributed by atoms with van der Waals surface area (Å²) in [6, 6.07) is 25.4. The summed E-state index contributed by atoms with van der Waals surface area (Å²) < 4.78 is 45.4. The largest absolute Gasteiger partial charge is 0.489 e. The number of hydrogen-bond acceptors (Lipinski definition) is 4. The summed E-state index contributed by atoms with van der Waals surface area (Å²) in [6.45, 7) is 0.0437. The third-order valence-corrected chi connectivity index (χ3v) is 9.64. The van der Waals surface area contributed by atoms with Crippen LogP contribution in [0.25, 0.3) is 11.1 Å². The van der Waals surface area contributed by atoms with E-state index in [-0.39, 0.29) is 37.8 Å². The maximum Gasteiger partial charge on any atom is 0.416 e. The van der Waals surface area contributed by atoms with Crippen LogP contribution >= 0.6 is 0 Å². The van der Waals surface area contributed by atoms with Gasteiger partial charge in [0.25, 0.3) is 0 Å². The highest BCUT2D eigenvalue weighted by molar-refractivity contribution is 5.91. The number of aliphatic carboxylic acids is 1. The van der Waals surface area contributed by atoms with Crippen molar-refractivity contribution in [3.63, 3.8) is 0 Å². The number of amides is 2. The van der Waals surface area contributed by atoms with Crippen LogP contribution in [0.5, 0.6) is 5.75 Å². The maximum atomic E-state index is 13.9. The van der Waals surface area contributed by atoms with Crippen LogP contribution in [-0.2, 0) is 46.6 Å². The molecule has 0 bridgehead atoms. The molecule has 260 valence electrons. The third-order valence-electron chi connectivity index (χ3n) is 9.64. The molecule has 2 atom stereocenters. The lowest BCUT2D eigenvalue weighted by Gasteiger charge is -2.37. The Morgan fingerprint density at radius 2 is 1.56 bits per heavy atom. The Bertz CT molecular complexity index is 1820. The van der Waals surface area contributed by atoms with Crippen LogP contribution in [0, 0.1) is 5.92 Å². The first-order valence-corrected chi connectivity index (χ1v) is 16.9. The van der Waals surface area contributed by atoms with Crippen LogP contribution in [0.1, 0.15) is 59.9 Å². The zero-order valence-electron chi connectivity index (χ0n) is 27.5. The minimum Gasteiger partial charge on any atom is -0.489 e. The minimum atomic E-state index is -4.46. The molecule has 0 radical (unpaired) electrons. The fourth-order valence-electron chi connectivity index (χ4n) is 6.90. The molecular weight excluding hydrogens is 645 g/mol. The molecule has 6 rings (SSSR count). The second kappa shape index (κ2) is 15.2. The van der Waals surface area contributed by atoms with E-state index in [9.17, 15) is 32.7 Å². The molecule has 0 aromatic heterocycles. The van der Waals surface area contributed by atoms with Crippen molar-refractivity contribution in [1.29, 1.82) is 0 Å². The number of halogens is 3. The number of fused-ring (bicyclic) bond motifs is 1. The van der Waals surface area contributed by atoms with Crippen molar-refractivity contribution < 1.29 is 37.4 Å².